The van der Waals surface area contributed by atoms with Crippen LogP contribution in [0.3, 0.4) is 0 Å². The van der Waals surface area contributed by atoms with Crippen molar-refractivity contribution in [2.45, 2.75) is 13.8 Å². The molecule has 12 heavy (non-hydrogen) atoms. The zero-order chi connectivity index (χ0) is 8.72. The number of hydrogen-bond acceptors (Lipinski definition) is 2. The molecule has 0 aromatic heterocycles. The minimum Gasteiger partial charge on any atom is -0.465 e. The molecule has 1 heterocycles. The molecule has 2 nitrogen and oxygen atoms in total. The van der Waals surface area contributed by atoms with E-state index in [0.717, 1.165) is 5.57 Å². The first-order valence-corrected chi connectivity index (χ1v) is 4.22. The molecule has 1 saturated heterocycles. The standard InChI is InChI=1S/C10H12O2/c1-6(2)8-4-3-7-5-12-10(11)9(7)8/h3-4,7,9H,5H2,1-2H3/t7-,9+/m0/s1. The van der Waals surface area contributed by atoms with E-state index in [1.807, 2.05) is 13.8 Å². The number of ether oxygens (including phenoxy) is 1. The van der Waals surface area contributed by atoms with Crippen LogP contribution in [0.1, 0.15) is 13.8 Å². The Morgan fingerprint density at radius 2 is 2.33 bits per heavy atom. The predicted molar refractivity (Wildman–Crippen MR) is 45.5 cm³/mol. The van der Waals surface area contributed by atoms with Gasteiger partial charge in [-0.15, -0.1) is 0 Å². The smallest absolute Gasteiger partial charge is 0.314 e. The molecular weight excluding hydrogens is 152 g/mol. The fraction of sp³-hybridized carbons (Fsp3) is 0.500. The van der Waals surface area contributed by atoms with Gasteiger partial charge in [0.1, 0.15) is 0 Å². The van der Waals surface area contributed by atoms with Crippen LogP contribution in [-0.4, -0.2) is 12.6 Å². The molecule has 2 aliphatic rings. The van der Waals surface area contributed by atoms with Crippen LogP contribution in [-0.2, 0) is 9.53 Å². The van der Waals surface area contributed by atoms with Crippen LogP contribution in [0.15, 0.2) is 23.3 Å². The van der Waals surface area contributed by atoms with E-state index < -0.39 is 0 Å². The molecule has 2 rings (SSSR count). The summed E-state index contributed by atoms with van der Waals surface area (Å²) in [6.07, 6.45) is 4.14. The first-order chi connectivity index (χ1) is 5.70. The summed E-state index contributed by atoms with van der Waals surface area (Å²) in [6.45, 7) is 4.64. The lowest BCUT2D eigenvalue weighted by Crippen LogP contribution is -2.12. The largest absolute Gasteiger partial charge is 0.465 e. The monoisotopic (exact) mass is 164 g/mol. The topological polar surface area (TPSA) is 26.3 Å². The van der Waals surface area contributed by atoms with Gasteiger partial charge in [0.2, 0.25) is 0 Å². The van der Waals surface area contributed by atoms with E-state index >= 15 is 0 Å². The van der Waals surface area contributed by atoms with Crippen molar-refractivity contribution < 1.29 is 9.53 Å². The summed E-state index contributed by atoms with van der Waals surface area (Å²) in [6, 6.07) is 0. The predicted octanol–water partition coefficient (Wildman–Crippen LogP) is 1.68. The van der Waals surface area contributed by atoms with Gasteiger partial charge in [-0.05, 0) is 19.4 Å². The Morgan fingerprint density at radius 3 is 3.00 bits per heavy atom. The van der Waals surface area contributed by atoms with E-state index in [-0.39, 0.29) is 11.9 Å². The molecule has 2 atom stereocenters. The molecule has 0 amide bonds. The van der Waals surface area contributed by atoms with E-state index in [1.54, 1.807) is 0 Å². The molecule has 1 fully saturated rings. The maximum Gasteiger partial charge on any atom is 0.314 e. The Balaban J connectivity index is 2.38. The van der Waals surface area contributed by atoms with E-state index in [9.17, 15) is 4.79 Å². The molecule has 0 radical (unpaired) electrons. The minimum absolute atomic E-state index is 0.00926. The SMILES string of the molecule is CC(C)=C1C=C[C@H]2COC(=O)[C@@H]12. The van der Waals surface area contributed by atoms with Crippen molar-refractivity contribution >= 4 is 5.97 Å². The maximum absolute atomic E-state index is 11.3. The summed E-state index contributed by atoms with van der Waals surface area (Å²) < 4.78 is 4.98. The third kappa shape index (κ3) is 0.909. The third-order valence-electron chi connectivity index (χ3n) is 2.54. The fourth-order valence-electron chi connectivity index (χ4n) is 1.87. The number of fused-ring (bicyclic) bond motifs is 1. The first-order valence-electron chi connectivity index (χ1n) is 4.22. The van der Waals surface area contributed by atoms with Gasteiger partial charge >= 0.3 is 5.97 Å². The van der Waals surface area contributed by atoms with Crippen LogP contribution in [0.2, 0.25) is 0 Å². The highest BCUT2D eigenvalue weighted by molar-refractivity contribution is 5.81. The molecular formula is C10H12O2. The van der Waals surface area contributed by atoms with Gasteiger partial charge in [-0.3, -0.25) is 4.79 Å². The normalized spacial score (nSPS) is 32.2. The average molecular weight is 164 g/mol. The molecule has 0 aromatic carbocycles. The van der Waals surface area contributed by atoms with E-state index in [0.29, 0.717) is 12.5 Å². The van der Waals surface area contributed by atoms with Gasteiger partial charge in [-0.25, -0.2) is 0 Å². The van der Waals surface area contributed by atoms with Crippen LogP contribution >= 0.6 is 0 Å². The van der Waals surface area contributed by atoms with Crippen molar-refractivity contribution in [1.82, 2.24) is 0 Å². The molecule has 0 spiro atoms. The lowest BCUT2D eigenvalue weighted by Gasteiger charge is -2.06. The first kappa shape index (κ1) is 7.59. The zero-order valence-electron chi connectivity index (χ0n) is 7.33. The van der Waals surface area contributed by atoms with Crippen molar-refractivity contribution in [1.29, 1.82) is 0 Å². The van der Waals surface area contributed by atoms with E-state index in [1.165, 1.54) is 5.57 Å². The van der Waals surface area contributed by atoms with Gasteiger partial charge in [-0.1, -0.05) is 17.7 Å². The summed E-state index contributed by atoms with van der Waals surface area (Å²) in [5.41, 5.74) is 2.38. The summed E-state index contributed by atoms with van der Waals surface area (Å²) in [7, 11) is 0. The molecule has 0 bridgehead atoms. The summed E-state index contributed by atoms with van der Waals surface area (Å²) >= 11 is 0. The summed E-state index contributed by atoms with van der Waals surface area (Å²) in [5, 5.41) is 0. The second kappa shape index (κ2) is 2.47. The Labute approximate surface area is 71.9 Å². The highest BCUT2D eigenvalue weighted by Crippen LogP contribution is 2.37. The maximum atomic E-state index is 11.3. The molecule has 1 aliphatic heterocycles. The molecule has 0 unspecified atom stereocenters. The van der Waals surface area contributed by atoms with Gasteiger partial charge < -0.3 is 4.74 Å². The van der Waals surface area contributed by atoms with Gasteiger partial charge in [0, 0.05) is 5.92 Å². The molecule has 1 aliphatic carbocycles. The van der Waals surface area contributed by atoms with Crippen molar-refractivity contribution in [3.8, 4) is 0 Å². The molecule has 64 valence electrons. The number of rotatable bonds is 0. The Kier molecular flexibility index (Phi) is 1.56. The quantitative estimate of drug-likeness (QED) is 0.509. The Morgan fingerprint density at radius 1 is 1.58 bits per heavy atom. The molecule has 0 saturated carbocycles. The van der Waals surface area contributed by atoms with Crippen molar-refractivity contribution in [3.05, 3.63) is 23.3 Å². The summed E-state index contributed by atoms with van der Waals surface area (Å²) in [4.78, 5) is 11.3. The van der Waals surface area contributed by atoms with Gasteiger partial charge in [-0.2, -0.15) is 0 Å². The van der Waals surface area contributed by atoms with Crippen molar-refractivity contribution in [2.24, 2.45) is 11.8 Å². The number of allylic oxidation sites excluding steroid dienone is 2. The third-order valence-corrected chi connectivity index (χ3v) is 2.54. The average Bonchev–Trinajstić information content (AvgIpc) is 2.53. The van der Waals surface area contributed by atoms with Gasteiger partial charge in [0.05, 0.1) is 12.5 Å². The molecule has 0 aromatic rings. The second-order valence-electron chi connectivity index (χ2n) is 3.59. The number of cyclic esters (lactones) is 1. The van der Waals surface area contributed by atoms with Crippen LogP contribution < -0.4 is 0 Å². The van der Waals surface area contributed by atoms with Gasteiger partial charge in [0.25, 0.3) is 0 Å². The minimum atomic E-state index is -0.0544. The fourth-order valence-corrected chi connectivity index (χ4v) is 1.87. The second-order valence-corrected chi connectivity index (χ2v) is 3.59. The molecule has 0 N–H and O–H groups in total. The highest BCUT2D eigenvalue weighted by atomic mass is 16.5. The van der Waals surface area contributed by atoms with Crippen LogP contribution in [0.25, 0.3) is 0 Å². The van der Waals surface area contributed by atoms with E-state index in [4.69, 9.17) is 4.74 Å². The van der Waals surface area contributed by atoms with Crippen molar-refractivity contribution in [3.63, 3.8) is 0 Å². The number of hydrogen-bond donors (Lipinski definition) is 0. The number of esters is 1. The van der Waals surface area contributed by atoms with Crippen LogP contribution in [0, 0.1) is 11.8 Å². The van der Waals surface area contributed by atoms with Gasteiger partial charge in [0.15, 0.2) is 0 Å². The lowest BCUT2D eigenvalue weighted by atomic mass is 9.93. The zero-order valence-corrected chi connectivity index (χ0v) is 7.33. The number of carbonyl (C=O) groups excluding carboxylic acids is 1. The van der Waals surface area contributed by atoms with Crippen LogP contribution in [0.5, 0.6) is 0 Å². The lowest BCUT2D eigenvalue weighted by molar-refractivity contribution is -0.140. The Hall–Kier alpha value is -1.05. The van der Waals surface area contributed by atoms with E-state index in [2.05, 4.69) is 12.2 Å². The number of carbonyl (C=O) groups is 1. The Bertz CT molecular complexity index is 282. The van der Waals surface area contributed by atoms with Crippen LogP contribution in [0.4, 0.5) is 0 Å². The summed E-state index contributed by atoms with van der Waals surface area (Å²) in [5.74, 6) is 0.263. The highest BCUT2D eigenvalue weighted by Gasteiger charge is 2.40. The van der Waals surface area contributed by atoms with Crippen molar-refractivity contribution in [2.75, 3.05) is 6.61 Å². The molecule has 2 heteroatoms.